The minimum absolute atomic E-state index is 0.0477. The fourth-order valence-corrected chi connectivity index (χ4v) is 9.18. The highest BCUT2D eigenvalue weighted by molar-refractivity contribution is 5.81. The van der Waals surface area contributed by atoms with Gasteiger partial charge in [0.2, 0.25) is 0 Å². The Kier molecular flexibility index (Phi) is 12.2. The van der Waals surface area contributed by atoms with Crippen molar-refractivity contribution in [2.24, 2.45) is 35.0 Å². The van der Waals surface area contributed by atoms with Crippen LogP contribution < -0.4 is 5.73 Å². The number of aliphatic hydroxyl groups is 1. The summed E-state index contributed by atoms with van der Waals surface area (Å²) in [4.78, 5) is 37.7. The normalized spacial score (nSPS) is 31.8. The molecular formula is C42H59N5O6. The Morgan fingerprint density at radius 1 is 1.09 bits per heavy atom. The first-order valence-electron chi connectivity index (χ1n) is 19.7. The summed E-state index contributed by atoms with van der Waals surface area (Å²) in [6.45, 7) is 16.2. The predicted molar refractivity (Wildman–Crippen MR) is 204 cm³/mol. The molecule has 288 valence electrons. The van der Waals surface area contributed by atoms with Crippen LogP contribution in [-0.4, -0.2) is 61.5 Å². The Morgan fingerprint density at radius 3 is 2.68 bits per heavy atom. The van der Waals surface area contributed by atoms with Crippen LogP contribution in [0.15, 0.2) is 60.3 Å². The first-order chi connectivity index (χ1) is 25.3. The van der Waals surface area contributed by atoms with Gasteiger partial charge in [-0.1, -0.05) is 76.6 Å². The lowest BCUT2D eigenvalue weighted by Gasteiger charge is -2.44. The lowest BCUT2D eigenvalue weighted by atomic mass is 9.61. The molecule has 0 amide bonds. The Hall–Kier alpha value is -3.83. The number of esters is 2. The highest BCUT2D eigenvalue weighted by Crippen LogP contribution is 2.59. The summed E-state index contributed by atoms with van der Waals surface area (Å²) in [6.07, 6.45) is 18.4. The summed E-state index contributed by atoms with van der Waals surface area (Å²) in [6, 6.07) is 0. The van der Waals surface area contributed by atoms with Gasteiger partial charge in [-0.25, -0.2) is 15.0 Å². The zero-order chi connectivity index (χ0) is 37.9. The third kappa shape index (κ3) is 8.78. The summed E-state index contributed by atoms with van der Waals surface area (Å²) in [5.41, 5.74) is 10.9. The molecule has 9 atom stereocenters. The van der Waals surface area contributed by atoms with E-state index in [1.54, 1.807) is 10.1 Å². The number of nitrogens with two attached hydrogens (primary N) is 1. The average Bonchev–Trinajstić information content (AvgIpc) is 3.83. The van der Waals surface area contributed by atoms with E-state index in [0.717, 1.165) is 30.4 Å². The van der Waals surface area contributed by atoms with Crippen molar-refractivity contribution in [3.05, 3.63) is 60.3 Å². The van der Waals surface area contributed by atoms with Crippen LogP contribution in [0.2, 0.25) is 0 Å². The molecule has 0 bridgehead atoms. The van der Waals surface area contributed by atoms with Crippen LogP contribution in [0.1, 0.15) is 111 Å². The van der Waals surface area contributed by atoms with E-state index in [4.69, 9.17) is 19.9 Å². The van der Waals surface area contributed by atoms with E-state index in [9.17, 15) is 14.7 Å². The number of anilines is 1. The Bertz CT molecular complexity index is 1750. The van der Waals surface area contributed by atoms with E-state index in [1.165, 1.54) is 38.3 Å². The molecule has 3 N–H and O–H groups in total. The maximum Gasteiger partial charge on any atom is 0.306 e. The topological polar surface area (TPSA) is 152 Å². The van der Waals surface area contributed by atoms with Gasteiger partial charge in [-0.2, -0.15) is 0 Å². The number of aliphatic hydroxyl groups excluding tert-OH is 1. The number of aromatic nitrogens is 4. The summed E-state index contributed by atoms with van der Waals surface area (Å²) >= 11 is 0. The summed E-state index contributed by atoms with van der Waals surface area (Å²) < 4.78 is 18.8. The van der Waals surface area contributed by atoms with E-state index >= 15 is 0 Å². The monoisotopic (exact) mass is 729 g/mol. The van der Waals surface area contributed by atoms with Gasteiger partial charge in [0.25, 0.3) is 0 Å². The first-order valence-corrected chi connectivity index (χ1v) is 19.7. The molecule has 53 heavy (non-hydrogen) atoms. The third-order valence-electron chi connectivity index (χ3n) is 12.7. The summed E-state index contributed by atoms with van der Waals surface area (Å²) in [7, 11) is 0. The smallest absolute Gasteiger partial charge is 0.306 e. The average molecular weight is 730 g/mol. The van der Waals surface area contributed by atoms with Gasteiger partial charge >= 0.3 is 11.9 Å². The number of imidazole rings is 1. The van der Waals surface area contributed by atoms with Gasteiger partial charge in [-0.05, 0) is 85.5 Å². The van der Waals surface area contributed by atoms with E-state index in [2.05, 4.69) is 80.5 Å². The molecule has 4 fully saturated rings. The minimum Gasteiger partial charge on any atom is -0.463 e. The first kappa shape index (κ1) is 38.9. The van der Waals surface area contributed by atoms with Crippen LogP contribution in [0.3, 0.4) is 0 Å². The molecule has 3 aliphatic carbocycles. The van der Waals surface area contributed by atoms with E-state index in [-0.39, 0.29) is 37.8 Å². The fourth-order valence-electron chi connectivity index (χ4n) is 9.18. The highest BCUT2D eigenvalue weighted by atomic mass is 16.6. The van der Waals surface area contributed by atoms with Crippen LogP contribution in [0.25, 0.3) is 11.2 Å². The lowest BCUT2D eigenvalue weighted by molar-refractivity contribution is -0.155. The molecule has 2 aromatic heterocycles. The van der Waals surface area contributed by atoms with Gasteiger partial charge in [-0.15, -0.1) is 0 Å². The van der Waals surface area contributed by atoms with Gasteiger partial charge < -0.3 is 25.1 Å². The Morgan fingerprint density at radius 2 is 1.89 bits per heavy atom. The highest BCUT2D eigenvalue weighted by Gasteiger charge is 2.50. The van der Waals surface area contributed by atoms with Gasteiger partial charge in [-0.3, -0.25) is 14.2 Å². The number of carbonyl (C=O) groups is 2. The van der Waals surface area contributed by atoms with Crippen molar-refractivity contribution in [2.45, 2.75) is 130 Å². The summed E-state index contributed by atoms with van der Waals surface area (Å²) in [5, 5.41) is 10.6. The Balaban J connectivity index is 0.961. The van der Waals surface area contributed by atoms with E-state index in [1.807, 2.05) is 0 Å². The molecule has 0 aromatic carbocycles. The minimum atomic E-state index is -0.859. The second-order valence-corrected chi connectivity index (χ2v) is 16.6. The maximum atomic E-state index is 12.8. The van der Waals surface area contributed by atoms with Crippen molar-refractivity contribution < 1.29 is 28.9 Å². The van der Waals surface area contributed by atoms with Crippen molar-refractivity contribution in [1.82, 2.24) is 19.5 Å². The number of carbonyl (C=O) groups excluding carboxylic acids is 2. The molecule has 3 saturated carbocycles. The molecule has 11 nitrogen and oxygen atoms in total. The number of allylic oxidation sites excluding steroid dienone is 6. The number of nitrogen functional groups attached to an aromatic ring is 1. The van der Waals surface area contributed by atoms with Crippen LogP contribution in [-0.2, 0) is 23.8 Å². The van der Waals surface area contributed by atoms with Crippen LogP contribution >= 0.6 is 0 Å². The molecule has 0 spiro atoms. The van der Waals surface area contributed by atoms with Crippen molar-refractivity contribution in [2.75, 3.05) is 12.3 Å². The number of rotatable bonds is 12. The summed E-state index contributed by atoms with van der Waals surface area (Å²) in [5.74, 6) is 2.45. The van der Waals surface area contributed by atoms with Crippen molar-refractivity contribution in [1.29, 1.82) is 0 Å². The molecule has 11 heteroatoms. The molecule has 4 aliphatic rings. The number of fused-ring (bicyclic) bond motifs is 2. The molecular weight excluding hydrogens is 670 g/mol. The van der Waals surface area contributed by atoms with Crippen molar-refractivity contribution in [3.63, 3.8) is 0 Å². The predicted octanol–water partition coefficient (Wildman–Crippen LogP) is 7.59. The van der Waals surface area contributed by atoms with Gasteiger partial charge in [0.05, 0.1) is 25.3 Å². The number of ether oxygens (including phenoxy) is 3. The van der Waals surface area contributed by atoms with Crippen LogP contribution in [0.4, 0.5) is 5.82 Å². The van der Waals surface area contributed by atoms with Crippen LogP contribution in [0.5, 0.6) is 0 Å². The largest absolute Gasteiger partial charge is 0.463 e. The molecule has 1 aliphatic heterocycles. The number of nitrogens with zero attached hydrogens (tertiary/aromatic N) is 4. The standard InChI is InChI=1S/C42H59N5O6/c1-25(2)26(3)9-10-28(5)33-15-16-34-29(8-7-19-42(33,34)6)12-13-30-20-31(14-11-27(30)4)52-37(50)18-17-36(49)51-22-32-21-35(48)41(53-32)47-24-46-38-39(43)44-23-45-40(38)47/h9-10,12-13,23-26,28,31-35,41,48H,4,7-8,11,14-22H2,1-3,5-6H3,(H2,43,44,45)/b10-9+,29-12+,30-13-/t26-,28+,31-,32-,33+,34-,35+,41+,42+/m0/s1. The quantitative estimate of drug-likeness (QED) is 0.165. The zero-order valence-corrected chi connectivity index (χ0v) is 32.2. The Labute approximate surface area is 314 Å². The van der Waals surface area contributed by atoms with Crippen molar-refractivity contribution >= 4 is 28.9 Å². The van der Waals surface area contributed by atoms with E-state index in [0.29, 0.717) is 52.6 Å². The van der Waals surface area contributed by atoms with Gasteiger partial charge in [0.15, 0.2) is 17.7 Å². The SMILES string of the molecule is C=C1CC[C@H](OC(=O)CCC(=O)OC[C@@H]2C[C@@H](O)[C@H](n3cnc4c(N)ncnc43)O2)C/C1=C/C=C1\CCC[C@]2(C)[C@@H]([C@H](C)/C=C/[C@H](C)C(C)C)CC[C@@H]12. The fraction of sp³-hybridized carbons (Fsp3) is 0.643. The van der Waals surface area contributed by atoms with Gasteiger partial charge in [0.1, 0.15) is 30.7 Å². The molecule has 0 radical (unpaired) electrons. The van der Waals surface area contributed by atoms with Gasteiger partial charge in [0, 0.05) is 12.8 Å². The molecule has 3 heterocycles. The van der Waals surface area contributed by atoms with Crippen LogP contribution in [0, 0.1) is 35.0 Å². The molecule has 2 aromatic rings. The van der Waals surface area contributed by atoms with Crippen molar-refractivity contribution in [3.8, 4) is 0 Å². The number of hydrogen-bond acceptors (Lipinski definition) is 10. The number of hydrogen-bond donors (Lipinski definition) is 2. The van der Waals surface area contributed by atoms with E-state index < -0.39 is 30.4 Å². The lowest BCUT2D eigenvalue weighted by Crippen LogP contribution is -2.35. The second-order valence-electron chi connectivity index (χ2n) is 16.6. The maximum absolute atomic E-state index is 12.8. The third-order valence-corrected chi connectivity index (χ3v) is 12.7. The zero-order valence-electron chi connectivity index (χ0n) is 32.2. The second kappa shape index (κ2) is 16.7. The molecule has 6 rings (SSSR count). The molecule has 0 unspecified atom stereocenters. The molecule has 1 saturated heterocycles.